The summed E-state index contributed by atoms with van der Waals surface area (Å²) in [5.74, 6) is 4.66. The molecule has 2 unspecified atom stereocenters. The molecule has 2 aromatic rings. The summed E-state index contributed by atoms with van der Waals surface area (Å²) in [6.45, 7) is 9.47. The lowest BCUT2D eigenvalue weighted by molar-refractivity contribution is 0.234. The lowest BCUT2D eigenvalue weighted by Crippen LogP contribution is -2.48. The van der Waals surface area contributed by atoms with E-state index in [4.69, 9.17) is 4.99 Å². The van der Waals surface area contributed by atoms with Gasteiger partial charge in [0.25, 0.3) is 0 Å². The maximum Gasteiger partial charge on any atom is 0.193 e. The fourth-order valence-corrected chi connectivity index (χ4v) is 5.11. The van der Waals surface area contributed by atoms with Crippen molar-refractivity contribution in [3.63, 3.8) is 0 Å². The minimum absolute atomic E-state index is 0. The van der Waals surface area contributed by atoms with E-state index < -0.39 is 0 Å². The Bertz CT molecular complexity index is 849. The van der Waals surface area contributed by atoms with Crippen LogP contribution < -0.4 is 5.32 Å². The van der Waals surface area contributed by atoms with E-state index in [0.29, 0.717) is 11.8 Å². The lowest BCUT2D eigenvalue weighted by Gasteiger charge is -2.39. The summed E-state index contributed by atoms with van der Waals surface area (Å²) in [5, 5.41) is 12.4. The second kappa shape index (κ2) is 12.6. The Balaban J connectivity index is 0.00000289. The maximum absolute atomic E-state index is 4.97. The highest BCUT2D eigenvalue weighted by Gasteiger charge is 2.28. The standard InChI is InChI=1S/C25H38N6.HI/c1-3-26-25(30-18-15-22(20(2)19-30)21-11-6-4-7-12-21)27-16-10-14-24-29-28-23-13-8-5-9-17-31(23)24;/h4,6-7,11-12,20,22H,3,5,8-10,13-19H2,1-2H3,(H,26,27);1H. The molecule has 1 fully saturated rings. The third kappa shape index (κ3) is 6.23. The van der Waals surface area contributed by atoms with E-state index in [1.165, 1.54) is 37.1 Å². The van der Waals surface area contributed by atoms with Crippen LogP contribution in [0.25, 0.3) is 0 Å². The van der Waals surface area contributed by atoms with Gasteiger partial charge in [0.1, 0.15) is 11.6 Å². The van der Waals surface area contributed by atoms with Crippen LogP contribution in [0.4, 0.5) is 0 Å². The summed E-state index contributed by atoms with van der Waals surface area (Å²) in [4.78, 5) is 7.43. The van der Waals surface area contributed by atoms with Gasteiger partial charge in [-0.05, 0) is 50.0 Å². The number of piperidine rings is 1. The van der Waals surface area contributed by atoms with Crippen LogP contribution in [-0.2, 0) is 19.4 Å². The van der Waals surface area contributed by atoms with Gasteiger partial charge in [-0.1, -0.05) is 43.7 Å². The Labute approximate surface area is 210 Å². The summed E-state index contributed by atoms with van der Waals surface area (Å²) in [6.07, 6.45) is 8.03. The van der Waals surface area contributed by atoms with Crippen molar-refractivity contribution in [2.75, 3.05) is 26.2 Å². The van der Waals surface area contributed by atoms with E-state index in [0.717, 1.165) is 63.8 Å². The summed E-state index contributed by atoms with van der Waals surface area (Å²) < 4.78 is 2.36. The van der Waals surface area contributed by atoms with E-state index in [1.54, 1.807) is 0 Å². The molecule has 7 heteroatoms. The van der Waals surface area contributed by atoms with Crippen LogP contribution >= 0.6 is 24.0 Å². The molecule has 2 aliphatic rings. The molecule has 0 spiro atoms. The van der Waals surface area contributed by atoms with Gasteiger partial charge in [0.15, 0.2) is 5.96 Å². The Morgan fingerprint density at radius 3 is 2.75 bits per heavy atom. The fraction of sp³-hybridized carbons (Fsp3) is 0.640. The van der Waals surface area contributed by atoms with Crippen LogP contribution in [0.15, 0.2) is 35.3 Å². The van der Waals surface area contributed by atoms with E-state index >= 15 is 0 Å². The second-order valence-corrected chi connectivity index (χ2v) is 9.06. The first-order valence-electron chi connectivity index (χ1n) is 12.3. The molecule has 176 valence electrons. The van der Waals surface area contributed by atoms with Gasteiger partial charge >= 0.3 is 0 Å². The van der Waals surface area contributed by atoms with Crippen molar-refractivity contribution in [3.05, 3.63) is 47.5 Å². The molecule has 6 nitrogen and oxygen atoms in total. The van der Waals surface area contributed by atoms with Crippen molar-refractivity contribution in [3.8, 4) is 0 Å². The number of nitrogens with one attached hydrogen (secondary N) is 1. The molecular formula is C25H39IN6. The Kier molecular flexibility index (Phi) is 9.81. The first-order valence-corrected chi connectivity index (χ1v) is 12.3. The molecule has 1 aromatic carbocycles. The first-order chi connectivity index (χ1) is 15.3. The zero-order valence-electron chi connectivity index (χ0n) is 19.7. The van der Waals surface area contributed by atoms with Crippen molar-refractivity contribution in [1.29, 1.82) is 0 Å². The number of hydrogen-bond donors (Lipinski definition) is 1. The van der Waals surface area contributed by atoms with Gasteiger partial charge in [0, 0.05) is 45.6 Å². The van der Waals surface area contributed by atoms with Crippen molar-refractivity contribution in [2.24, 2.45) is 10.9 Å². The fourth-order valence-electron chi connectivity index (χ4n) is 5.11. The minimum atomic E-state index is 0. The van der Waals surface area contributed by atoms with Gasteiger partial charge < -0.3 is 14.8 Å². The molecule has 0 radical (unpaired) electrons. The van der Waals surface area contributed by atoms with E-state index in [2.05, 4.69) is 69.2 Å². The third-order valence-electron chi connectivity index (χ3n) is 6.77. The van der Waals surface area contributed by atoms with Crippen LogP contribution in [-0.4, -0.2) is 51.8 Å². The number of guanidine groups is 1. The molecule has 0 bridgehead atoms. The van der Waals surface area contributed by atoms with Gasteiger partial charge in [-0.15, -0.1) is 34.2 Å². The summed E-state index contributed by atoms with van der Waals surface area (Å²) in [6, 6.07) is 11.0. The van der Waals surface area contributed by atoms with Gasteiger partial charge in [-0.3, -0.25) is 4.99 Å². The second-order valence-electron chi connectivity index (χ2n) is 9.06. The monoisotopic (exact) mass is 550 g/mol. The van der Waals surface area contributed by atoms with Crippen molar-refractivity contribution in [1.82, 2.24) is 25.0 Å². The number of nitrogens with zero attached hydrogens (tertiary/aromatic N) is 5. The molecule has 3 heterocycles. The largest absolute Gasteiger partial charge is 0.357 e. The van der Waals surface area contributed by atoms with Crippen molar-refractivity contribution in [2.45, 2.75) is 71.3 Å². The Hall–Kier alpha value is -1.64. The molecular weight excluding hydrogens is 511 g/mol. The van der Waals surface area contributed by atoms with Crippen molar-refractivity contribution < 1.29 is 0 Å². The number of benzene rings is 1. The van der Waals surface area contributed by atoms with E-state index in [1.807, 2.05) is 0 Å². The number of rotatable bonds is 6. The summed E-state index contributed by atoms with van der Waals surface area (Å²) >= 11 is 0. The quantitative estimate of drug-likeness (QED) is 0.246. The number of aliphatic imine (C=N–C) groups is 1. The maximum atomic E-state index is 4.97. The first kappa shape index (κ1) is 25.0. The molecule has 0 aliphatic carbocycles. The zero-order valence-corrected chi connectivity index (χ0v) is 22.0. The average molecular weight is 551 g/mol. The van der Waals surface area contributed by atoms with Gasteiger partial charge in [0.05, 0.1) is 0 Å². The van der Waals surface area contributed by atoms with Crippen molar-refractivity contribution >= 4 is 29.9 Å². The van der Waals surface area contributed by atoms with Crippen LogP contribution in [0.5, 0.6) is 0 Å². The molecule has 2 atom stereocenters. The topological polar surface area (TPSA) is 58.3 Å². The predicted molar refractivity (Wildman–Crippen MR) is 142 cm³/mol. The lowest BCUT2D eigenvalue weighted by atomic mass is 9.82. The summed E-state index contributed by atoms with van der Waals surface area (Å²) in [7, 11) is 0. The normalized spacial score (nSPS) is 21.4. The van der Waals surface area contributed by atoms with Gasteiger partial charge in [0.2, 0.25) is 0 Å². The van der Waals surface area contributed by atoms with E-state index in [9.17, 15) is 0 Å². The molecule has 1 N–H and O–H groups in total. The molecule has 2 aliphatic heterocycles. The molecule has 0 amide bonds. The molecule has 0 saturated carbocycles. The molecule has 32 heavy (non-hydrogen) atoms. The van der Waals surface area contributed by atoms with Crippen LogP contribution in [0.2, 0.25) is 0 Å². The zero-order chi connectivity index (χ0) is 21.5. The predicted octanol–water partition coefficient (Wildman–Crippen LogP) is 4.65. The smallest absolute Gasteiger partial charge is 0.193 e. The van der Waals surface area contributed by atoms with Crippen LogP contribution in [0.1, 0.15) is 69.1 Å². The SMILES string of the molecule is CCNC(=NCCCc1nnc2n1CCCCC2)N1CCC(c2ccccc2)C(C)C1.I. The highest BCUT2D eigenvalue weighted by Crippen LogP contribution is 2.32. The van der Waals surface area contributed by atoms with Crippen LogP contribution in [0, 0.1) is 5.92 Å². The number of fused-ring (bicyclic) bond motifs is 1. The number of halogens is 1. The molecule has 4 rings (SSSR count). The third-order valence-corrected chi connectivity index (χ3v) is 6.77. The Morgan fingerprint density at radius 2 is 1.97 bits per heavy atom. The highest BCUT2D eigenvalue weighted by molar-refractivity contribution is 14.0. The Morgan fingerprint density at radius 1 is 1.12 bits per heavy atom. The minimum Gasteiger partial charge on any atom is -0.357 e. The number of hydrogen-bond acceptors (Lipinski definition) is 3. The van der Waals surface area contributed by atoms with Gasteiger partial charge in [-0.25, -0.2) is 0 Å². The van der Waals surface area contributed by atoms with E-state index in [-0.39, 0.29) is 24.0 Å². The van der Waals surface area contributed by atoms with Crippen LogP contribution in [0.3, 0.4) is 0 Å². The van der Waals surface area contributed by atoms with Gasteiger partial charge in [-0.2, -0.15) is 0 Å². The average Bonchev–Trinajstić information content (AvgIpc) is 3.02. The number of aromatic nitrogens is 3. The number of likely N-dealkylation sites (tertiary alicyclic amines) is 1. The highest BCUT2D eigenvalue weighted by atomic mass is 127. The summed E-state index contributed by atoms with van der Waals surface area (Å²) in [5.41, 5.74) is 1.48. The molecule has 1 aromatic heterocycles. The number of aryl methyl sites for hydroxylation is 2. The molecule has 1 saturated heterocycles.